The Morgan fingerprint density at radius 1 is 1.35 bits per heavy atom. The lowest BCUT2D eigenvalue weighted by molar-refractivity contribution is 0.0703. The van der Waals surface area contributed by atoms with Crippen LogP contribution in [0.2, 0.25) is 5.02 Å². The molecule has 1 aliphatic heterocycles. The summed E-state index contributed by atoms with van der Waals surface area (Å²) in [4.78, 5) is 10.6. The largest absolute Gasteiger partial charge is 0.393 e. The highest BCUT2D eigenvalue weighted by Gasteiger charge is 2.45. The van der Waals surface area contributed by atoms with Crippen molar-refractivity contribution in [3.05, 3.63) is 17.4 Å². The molecule has 1 saturated carbocycles. The van der Waals surface area contributed by atoms with E-state index in [0.29, 0.717) is 16.9 Å². The van der Waals surface area contributed by atoms with Crippen LogP contribution >= 0.6 is 11.6 Å². The number of aliphatic hydroxyl groups is 1. The van der Waals surface area contributed by atoms with Crippen molar-refractivity contribution in [2.45, 2.75) is 25.4 Å². The van der Waals surface area contributed by atoms with Crippen molar-refractivity contribution in [1.29, 1.82) is 5.26 Å². The van der Waals surface area contributed by atoms with Crippen LogP contribution in [0.25, 0.3) is 0 Å². The summed E-state index contributed by atoms with van der Waals surface area (Å²) in [6.07, 6.45) is 5.58. The van der Waals surface area contributed by atoms with Crippen LogP contribution in [-0.2, 0) is 0 Å². The maximum atomic E-state index is 10.3. The summed E-state index contributed by atoms with van der Waals surface area (Å²) in [5.74, 6) is 1.26. The van der Waals surface area contributed by atoms with Crippen LogP contribution in [-0.4, -0.2) is 34.3 Å². The average Bonchev–Trinajstić information content (AvgIpc) is 3.27. The van der Waals surface area contributed by atoms with E-state index in [1.54, 1.807) is 12.4 Å². The molecule has 1 aromatic rings. The van der Waals surface area contributed by atoms with Gasteiger partial charge in [-0.05, 0) is 25.2 Å². The molecule has 5 nitrogen and oxygen atoms in total. The molecule has 6 heteroatoms. The Hall–Kier alpha value is -1.38. The molecule has 106 valence electrons. The number of piperidine rings is 1. The molecule has 3 atom stereocenters. The lowest BCUT2D eigenvalue weighted by Crippen LogP contribution is -2.39. The molecule has 1 saturated heterocycles. The molecule has 20 heavy (non-hydrogen) atoms. The van der Waals surface area contributed by atoms with E-state index in [1.807, 2.05) is 0 Å². The van der Waals surface area contributed by atoms with Gasteiger partial charge in [0.25, 0.3) is 0 Å². The third-order valence-electron chi connectivity index (χ3n) is 4.36. The molecule has 1 N–H and O–H groups in total. The molecule has 0 spiro atoms. The summed E-state index contributed by atoms with van der Waals surface area (Å²) in [5, 5.41) is 19.7. The van der Waals surface area contributed by atoms with E-state index in [2.05, 4.69) is 20.9 Å². The van der Waals surface area contributed by atoms with Crippen LogP contribution in [0.15, 0.2) is 12.4 Å². The third kappa shape index (κ3) is 2.72. The van der Waals surface area contributed by atoms with Crippen LogP contribution in [0.3, 0.4) is 0 Å². The van der Waals surface area contributed by atoms with Gasteiger partial charge in [0.1, 0.15) is 0 Å². The lowest BCUT2D eigenvalue weighted by Gasteiger charge is -2.34. The van der Waals surface area contributed by atoms with Crippen molar-refractivity contribution in [2.75, 3.05) is 18.0 Å². The minimum Gasteiger partial charge on any atom is -0.393 e. The molecular formula is C14H17ClN4O. The molecular weight excluding hydrogens is 276 g/mol. The number of rotatable bonds is 3. The predicted molar refractivity (Wildman–Crippen MR) is 75.2 cm³/mol. The lowest BCUT2D eigenvalue weighted by atomic mass is 9.88. The van der Waals surface area contributed by atoms with Gasteiger partial charge in [-0.25, -0.2) is 9.97 Å². The predicted octanol–water partition coefficient (Wildman–Crippen LogP) is 1.87. The van der Waals surface area contributed by atoms with Gasteiger partial charge in [-0.1, -0.05) is 11.6 Å². The number of halogens is 1. The maximum absolute atomic E-state index is 10.3. The molecule has 2 heterocycles. The van der Waals surface area contributed by atoms with E-state index in [-0.39, 0.29) is 17.9 Å². The molecule has 2 fully saturated rings. The second kappa shape index (κ2) is 5.55. The van der Waals surface area contributed by atoms with E-state index in [0.717, 1.165) is 32.4 Å². The number of nitriles is 1. The molecule has 0 radical (unpaired) electrons. The average molecular weight is 293 g/mol. The molecule has 3 unspecified atom stereocenters. The van der Waals surface area contributed by atoms with Gasteiger partial charge in [-0.15, -0.1) is 0 Å². The number of hydrogen-bond acceptors (Lipinski definition) is 5. The fourth-order valence-corrected chi connectivity index (χ4v) is 3.10. The third-order valence-corrected chi connectivity index (χ3v) is 4.55. The monoisotopic (exact) mass is 292 g/mol. The Balaban J connectivity index is 1.54. The van der Waals surface area contributed by atoms with Gasteiger partial charge in [0.2, 0.25) is 5.95 Å². The molecule has 1 aromatic heterocycles. The van der Waals surface area contributed by atoms with Crippen LogP contribution in [0, 0.1) is 29.1 Å². The highest BCUT2D eigenvalue weighted by molar-refractivity contribution is 6.30. The zero-order chi connectivity index (χ0) is 14.1. The standard InChI is InChI=1S/C14H17ClN4O/c15-11-7-17-14(18-8-11)19-3-1-9(2-4-19)13(20)12-5-10(12)6-16/h7-10,12-13,20H,1-5H2. The highest BCUT2D eigenvalue weighted by Crippen LogP contribution is 2.44. The molecule has 0 aromatic carbocycles. The normalized spacial score (nSPS) is 27.9. The zero-order valence-electron chi connectivity index (χ0n) is 11.1. The molecule has 3 rings (SSSR count). The number of hydrogen-bond donors (Lipinski definition) is 1. The molecule has 0 amide bonds. The first-order valence-corrected chi connectivity index (χ1v) is 7.37. The zero-order valence-corrected chi connectivity index (χ0v) is 11.9. The van der Waals surface area contributed by atoms with Gasteiger partial charge < -0.3 is 10.0 Å². The van der Waals surface area contributed by atoms with Crippen molar-refractivity contribution in [3.8, 4) is 6.07 Å². The van der Waals surface area contributed by atoms with Crippen LogP contribution in [0.1, 0.15) is 19.3 Å². The van der Waals surface area contributed by atoms with Crippen molar-refractivity contribution in [3.63, 3.8) is 0 Å². The van der Waals surface area contributed by atoms with Crippen molar-refractivity contribution < 1.29 is 5.11 Å². The van der Waals surface area contributed by atoms with Crippen molar-refractivity contribution >= 4 is 17.5 Å². The van der Waals surface area contributed by atoms with E-state index >= 15 is 0 Å². The quantitative estimate of drug-likeness (QED) is 0.920. The van der Waals surface area contributed by atoms with Gasteiger partial charge in [-0.2, -0.15) is 5.26 Å². The summed E-state index contributed by atoms with van der Waals surface area (Å²) >= 11 is 5.78. The first-order valence-electron chi connectivity index (χ1n) is 6.99. The summed E-state index contributed by atoms with van der Waals surface area (Å²) in [7, 11) is 0. The molecule has 2 aliphatic rings. The summed E-state index contributed by atoms with van der Waals surface area (Å²) in [6, 6.07) is 2.25. The minimum absolute atomic E-state index is 0.0719. The van der Waals surface area contributed by atoms with E-state index in [1.165, 1.54) is 0 Å². The second-order valence-electron chi connectivity index (χ2n) is 5.65. The first-order chi connectivity index (χ1) is 9.69. The fourth-order valence-electron chi connectivity index (χ4n) is 3.00. The molecule has 0 bridgehead atoms. The highest BCUT2D eigenvalue weighted by atomic mass is 35.5. The maximum Gasteiger partial charge on any atom is 0.225 e. The number of aromatic nitrogens is 2. The smallest absolute Gasteiger partial charge is 0.225 e. The summed E-state index contributed by atoms with van der Waals surface area (Å²) in [5.41, 5.74) is 0. The molecule has 1 aliphatic carbocycles. The summed E-state index contributed by atoms with van der Waals surface area (Å²) in [6.45, 7) is 1.68. The first kappa shape index (κ1) is 13.6. The SMILES string of the molecule is N#CC1CC1C(O)C1CCN(c2ncc(Cl)cn2)CC1. The summed E-state index contributed by atoms with van der Waals surface area (Å²) < 4.78 is 0. The number of aliphatic hydroxyl groups excluding tert-OH is 1. The van der Waals surface area contributed by atoms with Crippen LogP contribution in [0.5, 0.6) is 0 Å². The van der Waals surface area contributed by atoms with Gasteiger partial charge in [0.05, 0.1) is 35.5 Å². The fraction of sp³-hybridized carbons (Fsp3) is 0.643. The van der Waals surface area contributed by atoms with Gasteiger partial charge in [0, 0.05) is 19.0 Å². The van der Waals surface area contributed by atoms with Crippen LogP contribution < -0.4 is 4.90 Å². The Labute approximate surface area is 123 Å². The Morgan fingerprint density at radius 2 is 2.00 bits per heavy atom. The van der Waals surface area contributed by atoms with Gasteiger partial charge in [-0.3, -0.25) is 0 Å². The van der Waals surface area contributed by atoms with Crippen molar-refractivity contribution in [1.82, 2.24) is 9.97 Å². The van der Waals surface area contributed by atoms with Gasteiger partial charge in [0.15, 0.2) is 0 Å². The Morgan fingerprint density at radius 3 is 2.55 bits per heavy atom. The van der Waals surface area contributed by atoms with E-state index < -0.39 is 0 Å². The Kier molecular flexibility index (Phi) is 3.77. The van der Waals surface area contributed by atoms with Crippen LogP contribution in [0.4, 0.5) is 5.95 Å². The van der Waals surface area contributed by atoms with E-state index in [9.17, 15) is 5.11 Å². The Bertz CT molecular complexity index is 507. The van der Waals surface area contributed by atoms with Crippen molar-refractivity contribution in [2.24, 2.45) is 17.8 Å². The topological polar surface area (TPSA) is 73.0 Å². The van der Waals surface area contributed by atoms with E-state index in [4.69, 9.17) is 16.9 Å². The number of anilines is 1. The van der Waals surface area contributed by atoms with Gasteiger partial charge >= 0.3 is 0 Å². The minimum atomic E-state index is -0.326. The second-order valence-corrected chi connectivity index (χ2v) is 6.09. The number of nitrogens with zero attached hydrogens (tertiary/aromatic N) is 4.